The molecule has 0 amide bonds. The highest BCUT2D eigenvalue weighted by molar-refractivity contribution is 9.10. The molecule has 0 unspecified atom stereocenters. The zero-order valence-corrected chi connectivity index (χ0v) is 34.9. The summed E-state index contributed by atoms with van der Waals surface area (Å²) >= 11 is 3.46. The first kappa shape index (κ1) is 39.0. The molecule has 55 heavy (non-hydrogen) atoms. The Morgan fingerprint density at radius 1 is 0.982 bits per heavy atom. The third kappa shape index (κ3) is 6.33. The summed E-state index contributed by atoms with van der Waals surface area (Å²) in [5, 5.41) is 16.7. The van der Waals surface area contributed by atoms with Crippen molar-refractivity contribution in [3.63, 3.8) is 0 Å². The molecule has 4 atom stereocenters. The van der Waals surface area contributed by atoms with Crippen molar-refractivity contribution >= 4 is 35.8 Å². The Hall–Kier alpha value is -4.30. The van der Waals surface area contributed by atoms with Gasteiger partial charge in [-0.25, -0.2) is 4.39 Å². The number of ketones is 2. The molecule has 0 fully saturated rings. The van der Waals surface area contributed by atoms with Crippen LogP contribution in [0.5, 0.6) is 17.4 Å². The minimum atomic E-state index is -2.93. The van der Waals surface area contributed by atoms with Gasteiger partial charge >= 0.3 is 0 Å². The lowest BCUT2D eigenvalue weighted by Crippen LogP contribution is -2.65. The van der Waals surface area contributed by atoms with Gasteiger partial charge in [0.25, 0.3) is 5.88 Å². The van der Waals surface area contributed by atoms with Gasteiger partial charge in [0.05, 0.1) is 18.7 Å². The minimum absolute atomic E-state index is 0.000927. The van der Waals surface area contributed by atoms with Crippen LogP contribution >= 0.6 is 15.9 Å². The number of Topliss-reactive ketones (excluding diaryl/α,β-unsaturated/α-hetero) is 2. The van der Waals surface area contributed by atoms with Gasteiger partial charge in [-0.1, -0.05) is 81.4 Å². The molecule has 3 aromatic carbocycles. The van der Waals surface area contributed by atoms with Crippen molar-refractivity contribution in [3.8, 4) is 17.4 Å². The van der Waals surface area contributed by atoms with Crippen molar-refractivity contribution in [1.82, 2.24) is 10.1 Å². The number of aliphatic hydroxyl groups is 1. The van der Waals surface area contributed by atoms with E-state index in [2.05, 4.69) is 21.1 Å². The van der Waals surface area contributed by atoms with Crippen molar-refractivity contribution in [3.05, 3.63) is 116 Å². The molecule has 290 valence electrons. The Balaban J connectivity index is 1.43. The molecule has 0 spiro atoms. The first-order valence-corrected chi connectivity index (χ1v) is 22.0. The molecular weight excluding hydrogens is 787 g/mol. The fraction of sp³-hybridized carbons (Fsp3) is 0.405. The molecule has 7 rings (SSSR count). The molecule has 10 nitrogen and oxygen atoms in total. The van der Waals surface area contributed by atoms with E-state index in [0.717, 1.165) is 11.1 Å². The van der Waals surface area contributed by atoms with E-state index in [4.69, 9.17) is 23.2 Å². The van der Waals surface area contributed by atoms with Gasteiger partial charge in [0.15, 0.2) is 37.0 Å². The van der Waals surface area contributed by atoms with Crippen LogP contribution in [0.15, 0.2) is 81.0 Å². The number of methoxy groups -OCH3 is 1. The van der Waals surface area contributed by atoms with Gasteiger partial charge in [0, 0.05) is 17.1 Å². The molecule has 0 saturated heterocycles. The van der Waals surface area contributed by atoms with Gasteiger partial charge in [-0.05, 0) is 83.2 Å². The number of hydrogen-bond acceptors (Lipinski definition) is 10. The first-order chi connectivity index (χ1) is 26.0. The second-order valence-electron chi connectivity index (χ2n) is 16.3. The molecule has 0 radical (unpaired) electrons. The number of benzene rings is 3. The van der Waals surface area contributed by atoms with Crippen molar-refractivity contribution in [2.24, 2.45) is 11.8 Å². The van der Waals surface area contributed by atoms with Crippen molar-refractivity contribution in [2.45, 2.75) is 76.6 Å². The van der Waals surface area contributed by atoms with Crippen LogP contribution in [0, 0.1) is 17.7 Å². The fourth-order valence-corrected chi connectivity index (χ4v) is 10.1. The molecule has 4 aromatic rings. The predicted molar refractivity (Wildman–Crippen MR) is 210 cm³/mol. The number of aromatic nitrogens is 1. The van der Waals surface area contributed by atoms with Crippen LogP contribution in [-0.4, -0.2) is 61.9 Å². The SMILES string of the molecule is COc1c(F)c2c(c(OCc3ccccc3)c1Br)C(=O)C1=C(O)[C@]3(O[Si](C)(C)C(C)(C)C)C(=O)c4c(OCc5ccccc5)noc4[C@@H](N(C)C)[C@@H]3C[C@@H]1C2. The number of fused-ring (bicyclic) bond motifs is 4. The highest BCUT2D eigenvalue weighted by Crippen LogP contribution is 2.60. The summed E-state index contributed by atoms with van der Waals surface area (Å²) < 4.78 is 47.7. The Kier molecular flexibility index (Phi) is 10.1. The van der Waals surface area contributed by atoms with Gasteiger partial charge in [-0.2, -0.15) is 0 Å². The molecule has 0 aliphatic heterocycles. The van der Waals surface area contributed by atoms with E-state index in [0.29, 0.717) is 0 Å². The molecule has 1 heterocycles. The molecule has 0 saturated carbocycles. The lowest BCUT2D eigenvalue weighted by molar-refractivity contribution is -0.0481. The second-order valence-corrected chi connectivity index (χ2v) is 21.8. The monoisotopic (exact) mass is 832 g/mol. The zero-order valence-electron chi connectivity index (χ0n) is 32.3. The highest BCUT2D eigenvalue weighted by Gasteiger charge is 2.67. The molecule has 3 aliphatic carbocycles. The summed E-state index contributed by atoms with van der Waals surface area (Å²) in [6.45, 7) is 10.3. The quantitative estimate of drug-likeness (QED) is 0.155. The van der Waals surface area contributed by atoms with E-state index in [9.17, 15) is 5.11 Å². The third-order valence-corrected chi connectivity index (χ3v) is 16.9. The largest absolute Gasteiger partial charge is 0.508 e. The average molecular weight is 834 g/mol. The number of aliphatic hydroxyl groups excluding tert-OH is 1. The molecule has 13 heteroatoms. The standard InChI is InChI=1S/C42H46BrFN2O8Si/c1-41(2,3)55(7,8)54-42-27(33(46(4)5)36-30(39(42)49)40(45-53-36)52-22-24-17-13-10-14-18-24)20-25-19-26-29(34(47)28(25)38(42)48)35(31(43)37(50-6)32(26)44)51-21-23-15-11-9-12-16-23/h9-18,25,27,33,48H,19-22H2,1-8H3/t25-,27-,33-,42-/m0/s1. The number of carbonyl (C=O) groups excluding carboxylic acids is 2. The molecular formula is C42H46BrFN2O8Si. The topological polar surface area (TPSA) is 121 Å². The van der Waals surface area contributed by atoms with Gasteiger partial charge in [-0.15, -0.1) is 0 Å². The van der Waals surface area contributed by atoms with Crippen LogP contribution in [-0.2, 0) is 24.1 Å². The third-order valence-electron chi connectivity index (χ3n) is 11.7. The van der Waals surface area contributed by atoms with Crippen LogP contribution in [0.2, 0.25) is 18.1 Å². The number of carbonyl (C=O) groups is 2. The van der Waals surface area contributed by atoms with Crippen LogP contribution in [0.1, 0.15) is 76.4 Å². The molecule has 1 aromatic heterocycles. The smallest absolute Gasteiger partial charge is 0.265 e. The number of halogens is 2. The van der Waals surface area contributed by atoms with E-state index >= 15 is 14.0 Å². The maximum absolute atomic E-state index is 16.5. The molecule has 0 bridgehead atoms. The highest BCUT2D eigenvalue weighted by atomic mass is 79.9. The number of nitrogens with zero attached hydrogens (tertiary/aromatic N) is 2. The summed E-state index contributed by atoms with van der Waals surface area (Å²) in [7, 11) is 2.12. The molecule has 1 N–H and O–H groups in total. The maximum atomic E-state index is 16.5. The Morgan fingerprint density at radius 3 is 2.15 bits per heavy atom. The Labute approximate surface area is 329 Å². The summed E-state index contributed by atoms with van der Waals surface area (Å²) in [4.78, 5) is 32.5. The van der Waals surface area contributed by atoms with Crippen molar-refractivity contribution < 1.29 is 42.2 Å². The zero-order chi connectivity index (χ0) is 39.6. The number of hydrogen-bond donors (Lipinski definition) is 1. The second kappa shape index (κ2) is 14.3. The van der Waals surface area contributed by atoms with Crippen LogP contribution in [0.4, 0.5) is 4.39 Å². The maximum Gasteiger partial charge on any atom is 0.265 e. The van der Waals surface area contributed by atoms with Gasteiger partial charge < -0.3 is 28.3 Å². The first-order valence-electron chi connectivity index (χ1n) is 18.3. The summed E-state index contributed by atoms with van der Waals surface area (Å²) in [5.41, 5.74) is -0.195. The van der Waals surface area contributed by atoms with Gasteiger partial charge in [-0.3, -0.25) is 14.5 Å². The van der Waals surface area contributed by atoms with Gasteiger partial charge in [0.2, 0.25) is 5.78 Å². The molecule has 3 aliphatic rings. The van der Waals surface area contributed by atoms with E-state index < -0.39 is 60.0 Å². The average Bonchev–Trinajstić information content (AvgIpc) is 3.56. The fourth-order valence-electron chi connectivity index (χ4n) is 8.03. The van der Waals surface area contributed by atoms with Crippen LogP contribution in [0.25, 0.3) is 0 Å². The van der Waals surface area contributed by atoms with E-state index in [1.807, 2.05) is 114 Å². The van der Waals surface area contributed by atoms with E-state index in [1.54, 1.807) is 0 Å². The lowest BCUT2D eigenvalue weighted by Gasteiger charge is -2.55. The Morgan fingerprint density at radius 2 is 1.58 bits per heavy atom. The summed E-state index contributed by atoms with van der Waals surface area (Å²) in [6, 6.07) is 18.2. The van der Waals surface area contributed by atoms with Crippen molar-refractivity contribution in [2.75, 3.05) is 21.2 Å². The lowest BCUT2D eigenvalue weighted by atomic mass is 9.58. The van der Waals surface area contributed by atoms with E-state index in [-0.39, 0.29) is 75.9 Å². The number of rotatable bonds is 10. The van der Waals surface area contributed by atoms with E-state index in [1.165, 1.54) is 7.11 Å². The number of allylic oxidation sites excluding steroid dienone is 1. The minimum Gasteiger partial charge on any atom is -0.508 e. The van der Waals surface area contributed by atoms with Gasteiger partial charge in [0.1, 0.15) is 34.8 Å². The normalized spacial score (nSPS) is 22.2. The van der Waals surface area contributed by atoms with Crippen LogP contribution in [0.3, 0.4) is 0 Å². The van der Waals surface area contributed by atoms with Crippen molar-refractivity contribution in [1.29, 1.82) is 0 Å². The predicted octanol–water partition coefficient (Wildman–Crippen LogP) is 9.19. The summed E-state index contributed by atoms with van der Waals surface area (Å²) in [6.07, 6.45) is 0.222. The number of ether oxygens (including phenoxy) is 3. The Bertz CT molecular complexity index is 2180. The summed E-state index contributed by atoms with van der Waals surface area (Å²) in [5.74, 6) is -3.60. The van der Waals surface area contributed by atoms with Crippen LogP contribution < -0.4 is 14.2 Å².